The summed E-state index contributed by atoms with van der Waals surface area (Å²) in [6.07, 6.45) is 1.09. The number of hydrogen-bond acceptors (Lipinski definition) is 3. The van der Waals surface area contributed by atoms with Gasteiger partial charge >= 0.3 is 0 Å². The topological polar surface area (TPSA) is 27.6 Å². The summed E-state index contributed by atoms with van der Waals surface area (Å²) >= 11 is 6.25. The summed E-state index contributed by atoms with van der Waals surface area (Å²) in [6.45, 7) is 4.86. The third-order valence-electron chi connectivity index (χ3n) is 3.41. The van der Waals surface area contributed by atoms with E-state index in [1.807, 2.05) is 12.1 Å². The quantitative estimate of drug-likeness (QED) is 0.906. The second kappa shape index (κ2) is 7.34. The molecule has 0 bridgehead atoms. The fourth-order valence-electron chi connectivity index (χ4n) is 2.50. The van der Waals surface area contributed by atoms with Crippen LogP contribution in [0.25, 0.3) is 0 Å². The molecule has 1 aromatic rings. The van der Waals surface area contributed by atoms with Crippen molar-refractivity contribution in [3.63, 3.8) is 0 Å². The van der Waals surface area contributed by atoms with Gasteiger partial charge in [0, 0.05) is 24.7 Å². The molecular weight excluding hydrogens is 305 g/mol. The fraction of sp³-hybridized carbons (Fsp3) is 0.462. The van der Waals surface area contributed by atoms with Crippen LogP contribution in [0.2, 0.25) is 5.02 Å². The van der Waals surface area contributed by atoms with E-state index in [0.717, 1.165) is 50.0 Å². The Kier molecular flexibility index (Phi) is 6.40. The first-order chi connectivity index (χ1) is 8.33. The second-order valence-corrected chi connectivity index (χ2v) is 5.00. The lowest BCUT2D eigenvalue weighted by molar-refractivity contribution is 0.288. The molecule has 0 spiro atoms. The molecular formula is C13H18Cl3N3. The van der Waals surface area contributed by atoms with Gasteiger partial charge in [0.2, 0.25) is 0 Å². The van der Waals surface area contributed by atoms with Gasteiger partial charge in [0.1, 0.15) is 5.84 Å². The number of aliphatic imine (C=N–C) groups is 1. The second-order valence-electron chi connectivity index (χ2n) is 4.59. The molecule has 0 saturated heterocycles. The fourth-order valence-corrected chi connectivity index (χ4v) is 2.75. The first-order valence-corrected chi connectivity index (χ1v) is 6.46. The van der Waals surface area contributed by atoms with Gasteiger partial charge in [-0.1, -0.05) is 23.7 Å². The Hall–Kier alpha value is -0.480. The molecule has 0 atom stereocenters. The summed E-state index contributed by atoms with van der Waals surface area (Å²) in [5.41, 5.74) is 2.69. The lowest BCUT2D eigenvalue weighted by Gasteiger charge is -2.29. The Labute approximate surface area is 131 Å². The highest BCUT2D eigenvalue weighted by Crippen LogP contribution is 2.25. The molecule has 0 aliphatic carbocycles. The molecule has 1 N–H and O–H groups in total. The summed E-state index contributed by atoms with van der Waals surface area (Å²) in [5, 5.41) is 4.21. The van der Waals surface area contributed by atoms with Crippen molar-refractivity contribution in [2.45, 2.75) is 13.0 Å². The molecule has 106 valence electrons. The predicted molar refractivity (Wildman–Crippen MR) is 85.2 cm³/mol. The number of hydrogen-bond donors (Lipinski definition) is 1. The summed E-state index contributed by atoms with van der Waals surface area (Å²) in [5.74, 6) is 1.13. The summed E-state index contributed by atoms with van der Waals surface area (Å²) in [6, 6.07) is 6.21. The van der Waals surface area contributed by atoms with Gasteiger partial charge in [0.05, 0.1) is 13.1 Å². The number of benzene rings is 1. The summed E-state index contributed by atoms with van der Waals surface area (Å²) in [7, 11) is 0. The number of rotatable bonds is 2. The molecule has 0 saturated carbocycles. The Morgan fingerprint density at radius 1 is 1.32 bits per heavy atom. The van der Waals surface area contributed by atoms with Crippen LogP contribution in [-0.2, 0) is 13.0 Å². The highest BCUT2D eigenvalue weighted by molar-refractivity contribution is 6.31. The van der Waals surface area contributed by atoms with Gasteiger partial charge in [-0.3, -0.25) is 9.89 Å². The summed E-state index contributed by atoms with van der Waals surface area (Å²) < 4.78 is 0. The normalized spacial score (nSPS) is 17.6. The monoisotopic (exact) mass is 321 g/mol. The molecule has 3 nitrogen and oxygen atoms in total. The highest BCUT2D eigenvalue weighted by Gasteiger charge is 2.20. The number of halogens is 3. The maximum Gasteiger partial charge on any atom is 0.111 e. The van der Waals surface area contributed by atoms with Gasteiger partial charge < -0.3 is 5.32 Å². The molecule has 2 heterocycles. The average Bonchev–Trinajstić information content (AvgIpc) is 2.83. The van der Waals surface area contributed by atoms with Crippen LogP contribution in [0.4, 0.5) is 0 Å². The molecule has 0 aromatic heterocycles. The molecule has 2 aliphatic heterocycles. The van der Waals surface area contributed by atoms with E-state index >= 15 is 0 Å². The lowest BCUT2D eigenvalue weighted by Crippen LogP contribution is -2.38. The van der Waals surface area contributed by atoms with Crippen molar-refractivity contribution in [1.29, 1.82) is 0 Å². The Balaban J connectivity index is 0.000000902. The molecule has 0 radical (unpaired) electrons. The molecule has 1 aromatic carbocycles. The van der Waals surface area contributed by atoms with Gasteiger partial charge in [-0.15, -0.1) is 24.8 Å². The Morgan fingerprint density at radius 3 is 2.89 bits per heavy atom. The van der Waals surface area contributed by atoms with E-state index < -0.39 is 0 Å². The van der Waals surface area contributed by atoms with Crippen molar-refractivity contribution in [2.24, 2.45) is 4.99 Å². The van der Waals surface area contributed by atoms with E-state index in [2.05, 4.69) is 21.3 Å². The van der Waals surface area contributed by atoms with E-state index in [1.54, 1.807) is 0 Å². The first kappa shape index (κ1) is 16.6. The highest BCUT2D eigenvalue weighted by atomic mass is 35.5. The van der Waals surface area contributed by atoms with E-state index in [-0.39, 0.29) is 24.8 Å². The standard InChI is InChI=1S/C13H16ClN3.2ClH/c14-12-3-1-2-10-4-7-17(8-11(10)12)9-13-15-5-6-16-13;;/h1-3H,4-9H2,(H,15,16);2*1H. The van der Waals surface area contributed by atoms with Crippen LogP contribution in [0.15, 0.2) is 23.2 Å². The number of nitrogens with zero attached hydrogens (tertiary/aromatic N) is 2. The van der Waals surface area contributed by atoms with Crippen molar-refractivity contribution in [2.75, 3.05) is 26.2 Å². The van der Waals surface area contributed by atoms with Gasteiger partial charge in [0.25, 0.3) is 0 Å². The van der Waals surface area contributed by atoms with Gasteiger partial charge in [-0.05, 0) is 23.6 Å². The summed E-state index contributed by atoms with van der Waals surface area (Å²) in [4.78, 5) is 6.85. The third-order valence-corrected chi connectivity index (χ3v) is 3.77. The van der Waals surface area contributed by atoms with Crippen molar-refractivity contribution in [1.82, 2.24) is 10.2 Å². The molecule has 0 unspecified atom stereocenters. The van der Waals surface area contributed by atoms with E-state index in [0.29, 0.717) is 0 Å². The Bertz CT molecular complexity index is 462. The zero-order valence-corrected chi connectivity index (χ0v) is 13.0. The van der Waals surface area contributed by atoms with Crippen LogP contribution < -0.4 is 5.32 Å². The molecule has 3 rings (SSSR count). The van der Waals surface area contributed by atoms with Crippen molar-refractivity contribution < 1.29 is 0 Å². The van der Waals surface area contributed by atoms with Crippen molar-refractivity contribution in [3.05, 3.63) is 34.3 Å². The van der Waals surface area contributed by atoms with E-state index in [9.17, 15) is 0 Å². The molecule has 6 heteroatoms. The van der Waals surface area contributed by atoms with Crippen LogP contribution in [-0.4, -0.2) is 36.9 Å². The molecule has 2 aliphatic rings. The van der Waals surface area contributed by atoms with Crippen LogP contribution >= 0.6 is 36.4 Å². The van der Waals surface area contributed by atoms with Crippen LogP contribution in [0.5, 0.6) is 0 Å². The maximum atomic E-state index is 6.25. The zero-order valence-electron chi connectivity index (χ0n) is 10.6. The van der Waals surface area contributed by atoms with Gasteiger partial charge in [-0.2, -0.15) is 0 Å². The third kappa shape index (κ3) is 3.76. The van der Waals surface area contributed by atoms with Crippen molar-refractivity contribution >= 4 is 42.3 Å². The van der Waals surface area contributed by atoms with Crippen molar-refractivity contribution in [3.8, 4) is 0 Å². The predicted octanol–water partition coefficient (Wildman–Crippen LogP) is 2.54. The van der Waals surface area contributed by atoms with Crippen LogP contribution in [0, 0.1) is 0 Å². The molecule has 0 amide bonds. The van der Waals surface area contributed by atoms with E-state index in [1.165, 1.54) is 11.1 Å². The SMILES string of the molecule is Cl.Cl.Clc1cccc2c1CN(CC1=NCCN1)CC2. The number of amidine groups is 1. The lowest BCUT2D eigenvalue weighted by atomic mass is 10.00. The van der Waals surface area contributed by atoms with Crippen LogP contribution in [0.1, 0.15) is 11.1 Å². The molecule has 19 heavy (non-hydrogen) atoms. The number of nitrogens with one attached hydrogen (secondary N) is 1. The van der Waals surface area contributed by atoms with E-state index in [4.69, 9.17) is 11.6 Å². The van der Waals surface area contributed by atoms with Gasteiger partial charge in [-0.25, -0.2) is 0 Å². The molecule has 0 fully saturated rings. The minimum atomic E-state index is 0. The van der Waals surface area contributed by atoms with Crippen LogP contribution in [0.3, 0.4) is 0 Å². The minimum Gasteiger partial charge on any atom is -0.371 e. The maximum absolute atomic E-state index is 6.25. The van der Waals surface area contributed by atoms with Gasteiger partial charge in [0.15, 0.2) is 0 Å². The minimum absolute atomic E-state index is 0. The smallest absolute Gasteiger partial charge is 0.111 e. The Morgan fingerprint density at radius 2 is 2.16 bits per heavy atom. The largest absolute Gasteiger partial charge is 0.371 e. The zero-order chi connectivity index (χ0) is 11.7. The number of fused-ring (bicyclic) bond motifs is 1. The average molecular weight is 323 g/mol. The first-order valence-electron chi connectivity index (χ1n) is 6.09.